The maximum absolute atomic E-state index is 13.5. The number of hydrogen-bond donors (Lipinski definition) is 0. The van der Waals surface area contributed by atoms with Crippen LogP contribution in [0.15, 0.2) is 73.1 Å². The molecule has 30 heavy (non-hydrogen) atoms. The largest absolute Gasteiger partial charge is 0.306 e. The molecule has 5 rings (SSSR count). The van der Waals surface area contributed by atoms with E-state index in [1.807, 2.05) is 41.6 Å². The van der Waals surface area contributed by atoms with Crippen LogP contribution in [0.4, 0.5) is 5.69 Å². The van der Waals surface area contributed by atoms with Crippen LogP contribution >= 0.6 is 11.6 Å². The van der Waals surface area contributed by atoms with E-state index in [2.05, 4.69) is 34.1 Å². The van der Waals surface area contributed by atoms with Crippen molar-refractivity contribution in [3.63, 3.8) is 0 Å². The highest BCUT2D eigenvalue weighted by Crippen LogP contribution is 2.42. The maximum Gasteiger partial charge on any atom is 0.258 e. The van der Waals surface area contributed by atoms with E-state index in [1.54, 1.807) is 12.1 Å². The average Bonchev–Trinajstić information content (AvgIpc) is 3.15. The van der Waals surface area contributed by atoms with Crippen LogP contribution in [0.25, 0.3) is 0 Å². The molecule has 1 amide bonds. The van der Waals surface area contributed by atoms with Crippen LogP contribution in [-0.2, 0) is 13.0 Å². The van der Waals surface area contributed by atoms with E-state index in [1.165, 1.54) is 11.1 Å². The predicted octanol–water partition coefficient (Wildman–Crippen LogP) is 4.97. The summed E-state index contributed by atoms with van der Waals surface area (Å²) in [6, 6.07) is 19.6. The van der Waals surface area contributed by atoms with Crippen LogP contribution in [0.3, 0.4) is 0 Å². The third-order valence-electron chi connectivity index (χ3n) is 6.43. The Kier molecular flexibility index (Phi) is 5.05. The summed E-state index contributed by atoms with van der Waals surface area (Å²) < 4.78 is 0. The summed E-state index contributed by atoms with van der Waals surface area (Å²) in [5.41, 5.74) is 4.10. The summed E-state index contributed by atoms with van der Waals surface area (Å²) in [7, 11) is 0. The number of fused-ring (bicyclic) bond motifs is 1. The average molecular weight is 418 g/mol. The number of pyridine rings is 1. The summed E-state index contributed by atoms with van der Waals surface area (Å²) >= 11 is 6.04. The number of halogens is 1. The highest BCUT2D eigenvalue weighted by atomic mass is 35.5. The Morgan fingerprint density at radius 1 is 1.07 bits per heavy atom. The minimum absolute atomic E-state index is 0.0337. The van der Waals surface area contributed by atoms with Gasteiger partial charge in [-0.05, 0) is 73.3 Å². The third-order valence-corrected chi connectivity index (χ3v) is 6.68. The fraction of sp³-hybridized carbons (Fsp3) is 0.280. The first-order valence-electron chi connectivity index (χ1n) is 10.4. The van der Waals surface area contributed by atoms with Gasteiger partial charge in [0.15, 0.2) is 0 Å². The predicted molar refractivity (Wildman–Crippen MR) is 120 cm³/mol. The Balaban J connectivity index is 1.50. The van der Waals surface area contributed by atoms with Gasteiger partial charge in [-0.25, -0.2) is 0 Å². The number of benzene rings is 2. The quantitative estimate of drug-likeness (QED) is 0.603. The number of likely N-dealkylation sites (tertiary alicyclic amines) is 1. The topological polar surface area (TPSA) is 36.4 Å². The molecule has 1 aromatic heterocycles. The second-order valence-electron chi connectivity index (χ2n) is 8.31. The molecule has 4 nitrogen and oxygen atoms in total. The molecule has 0 radical (unpaired) electrons. The Morgan fingerprint density at radius 2 is 1.90 bits per heavy atom. The summed E-state index contributed by atoms with van der Waals surface area (Å²) in [4.78, 5) is 22.4. The van der Waals surface area contributed by atoms with Gasteiger partial charge in [-0.15, -0.1) is 0 Å². The lowest BCUT2D eigenvalue weighted by Crippen LogP contribution is -2.57. The first-order valence-corrected chi connectivity index (χ1v) is 10.8. The summed E-state index contributed by atoms with van der Waals surface area (Å²) in [5, 5.41) is 0.639. The molecule has 0 saturated carbocycles. The van der Waals surface area contributed by atoms with Crippen LogP contribution in [0.1, 0.15) is 34.3 Å². The van der Waals surface area contributed by atoms with Crippen molar-refractivity contribution in [1.29, 1.82) is 0 Å². The minimum Gasteiger partial charge on any atom is -0.306 e. The standard InChI is InChI=1S/C25H24ClN3O/c26-22-10-8-20(9-11-22)24(30)29-18-25(15-21-6-1-2-7-23(21)29)12-4-14-28(25)17-19-5-3-13-27-16-19/h1-3,5-11,13,16H,4,12,14-15,17-18H2. The monoisotopic (exact) mass is 417 g/mol. The van der Waals surface area contributed by atoms with Crippen LogP contribution in [-0.4, -0.2) is 34.4 Å². The number of carbonyl (C=O) groups is 1. The van der Waals surface area contributed by atoms with Crippen molar-refractivity contribution < 1.29 is 4.79 Å². The van der Waals surface area contributed by atoms with E-state index < -0.39 is 0 Å². The number of aromatic nitrogens is 1. The molecule has 3 heterocycles. The van der Waals surface area contributed by atoms with Crippen LogP contribution < -0.4 is 4.90 Å². The van der Waals surface area contributed by atoms with Gasteiger partial charge in [-0.3, -0.25) is 14.7 Å². The zero-order valence-electron chi connectivity index (χ0n) is 16.8. The van der Waals surface area contributed by atoms with E-state index in [0.717, 1.165) is 38.0 Å². The molecule has 5 heteroatoms. The summed E-state index contributed by atoms with van der Waals surface area (Å²) in [5.74, 6) is 0.0337. The molecule has 1 atom stereocenters. The molecular formula is C25H24ClN3O. The molecule has 152 valence electrons. The second kappa shape index (κ2) is 7.86. The van der Waals surface area contributed by atoms with Gasteiger partial charge >= 0.3 is 0 Å². The Hall–Kier alpha value is -2.69. The second-order valence-corrected chi connectivity index (χ2v) is 8.75. The molecule has 3 aromatic rings. The van der Waals surface area contributed by atoms with Gasteiger partial charge in [0.25, 0.3) is 5.91 Å². The van der Waals surface area contributed by atoms with E-state index in [9.17, 15) is 4.79 Å². The molecule has 2 aromatic carbocycles. The van der Waals surface area contributed by atoms with Gasteiger partial charge in [0, 0.05) is 47.3 Å². The van der Waals surface area contributed by atoms with Gasteiger partial charge in [-0.1, -0.05) is 35.9 Å². The number of hydrogen-bond acceptors (Lipinski definition) is 3. The highest BCUT2D eigenvalue weighted by molar-refractivity contribution is 6.30. The van der Waals surface area contributed by atoms with E-state index in [4.69, 9.17) is 11.6 Å². The molecule has 0 bridgehead atoms. The first kappa shape index (κ1) is 19.3. The van der Waals surface area contributed by atoms with Crippen LogP contribution in [0.2, 0.25) is 5.02 Å². The van der Waals surface area contributed by atoms with Crippen molar-refractivity contribution in [2.24, 2.45) is 0 Å². The zero-order valence-corrected chi connectivity index (χ0v) is 17.6. The summed E-state index contributed by atoms with van der Waals surface area (Å²) in [6.45, 7) is 2.60. The lowest BCUT2D eigenvalue weighted by atomic mass is 9.82. The van der Waals surface area contributed by atoms with Gasteiger partial charge in [0.1, 0.15) is 0 Å². The van der Waals surface area contributed by atoms with Crippen molar-refractivity contribution in [1.82, 2.24) is 9.88 Å². The smallest absolute Gasteiger partial charge is 0.258 e. The maximum atomic E-state index is 13.5. The molecule has 1 fully saturated rings. The van der Waals surface area contributed by atoms with Crippen LogP contribution in [0, 0.1) is 0 Å². The molecule has 0 aliphatic carbocycles. The van der Waals surface area contributed by atoms with Gasteiger partial charge in [0.05, 0.1) is 0 Å². The molecule has 2 aliphatic heterocycles. The molecule has 1 spiro atoms. The van der Waals surface area contributed by atoms with Gasteiger partial charge in [0.2, 0.25) is 0 Å². The Labute approximate surface area is 182 Å². The lowest BCUT2D eigenvalue weighted by Gasteiger charge is -2.46. The number of amides is 1. The number of rotatable bonds is 3. The van der Waals surface area contributed by atoms with E-state index >= 15 is 0 Å². The van der Waals surface area contributed by atoms with Crippen molar-refractivity contribution in [3.8, 4) is 0 Å². The van der Waals surface area contributed by atoms with E-state index in [0.29, 0.717) is 17.1 Å². The first-order chi connectivity index (χ1) is 14.6. The van der Waals surface area contributed by atoms with E-state index in [-0.39, 0.29) is 11.4 Å². The Bertz CT molecular complexity index is 1050. The molecule has 2 aliphatic rings. The number of nitrogens with zero attached hydrogens (tertiary/aromatic N) is 3. The number of carbonyl (C=O) groups excluding carboxylic acids is 1. The normalized spacial score (nSPS) is 21.0. The van der Waals surface area contributed by atoms with Crippen molar-refractivity contribution in [2.45, 2.75) is 31.3 Å². The minimum atomic E-state index is -0.0493. The van der Waals surface area contributed by atoms with Gasteiger partial charge in [-0.2, -0.15) is 0 Å². The SMILES string of the molecule is O=C(c1ccc(Cl)cc1)N1CC2(CCCN2Cc2cccnc2)Cc2ccccc21. The summed E-state index contributed by atoms with van der Waals surface area (Å²) in [6.07, 6.45) is 6.96. The molecule has 1 saturated heterocycles. The number of anilines is 1. The fourth-order valence-corrected chi connectivity index (χ4v) is 5.10. The highest BCUT2D eigenvalue weighted by Gasteiger charge is 2.46. The number of para-hydroxylation sites is 1. The van der Waals surface area contributed by atoms with Crippen molar-refractivity contribution in [2.75, 3.05) is 18.0 Å². The molecule has 0 N–H and O–H groups in total. The zero-order chi connectivity index (χ0) is 20.6. The van der Waals surface area contributed by atoms with Crippen LogP contribution in [0.5, 0.6) is 0 Å². The lowest BCUT2D eigenvalue weighted by molar-refractivity contribution is 0.0916. The molecule has 1 unspecified atom stereocenters. The van der Waals surface area contributed by atoms with Crippen molar-refractivity contribution >= 4 is 23.2 Å². The Morgan fingerprint density at radius 3 is 2.70 bits per heavy atom. The van der Waals surface area contributed by atoms with Gasteiger partial charge < -0.3 is 4.90 Å². The van der Waals surface area contributed by atoms with Crippen molar-refractivity contribution in [3.05, 3.63) is 94.8 Å². The fourth-order valence-electron chi connectivity index (χ4n) is 4.98. The molecular weight excluding hydrogens is 394 g/mol. The third kappa shape index (κ3) is 3.51.